The third-order valence-electron chi connectivity index (χ3n) is 3.51. The maximum absolute atomic E-state index is 13.2. The lowest BCUT2D eigenvalue weighted by molar-refractivity contribution is -0.149. The number of hydrogen-bond acceptors (Lipinski definition) is 5. The standard InChI is InChI=1S/C16H21FN4O2/c1-3-4-8-21-15(18-19-20-21)11-23-16(22)12(2)9-13-6-5-7-14(17)10-13/h5-7,10,12H,3-4,8-9,11H2,1-2H3. The third-order valence-corrected chi connectivity index (χ3v) is 3.51. The zero-order chi connectivity index (χ0) is 16.7. The summed E-state index contributed by atoms with van der Waals surface area (Å²) >= 11 is 0. The minimum Gasteiger partial charge on any atom is -0.457 e. The molecule has 2 aromatic rings. The van der Waals surface area contributed by atoms with Gasteiger partial charge in [0.2, 0.25) is 0 Å². The van der Waals surface area contributed by atoms with Crippen molar-refractivity contribution < 1.29 is 13.9 Å². The van der Waals surface area contributed by atoms with Crippen LogP contribution in [-0.2, 0) is 29.1 Å². The number of halogens is 1. The summed E-state index contributed by atoms with van der Waals surface area (Å²) in [5.41, 5.74) is 0.766. The van der Waals surface area contributed by atoms with Crippen molar-refractivity contribution in [3.05, 3.63) is 41.5 Å². The summed E-state index contributed by atoms with van der Waals surface area (Å²) < 4.78 is 20.1. The van der Waals surface area contributed by atoms with Crippen LogP contribution < -0.4 is 0 Å². The van der Waals surface area contributed by atoms with E-state index >= 15 is 0 Å². The Morgan fingerprint density at radius 2 is 2.26 bits per heavy atom. The van der Waals surface area contributed by atoms with Crippen LogP contribution in [0.15, 0.2) is 24.3 Å². The van der Waals surface area contributed by atoms with E-state index in [4.69, 9.17) is 4.74 Å². The molecule has 2 rings (SSSR count). The summed E-state index contributed by atoms with van der Waals surface area (Å²) in [7, 11) is 0. The minimum absolute atomic E-state index is 0.0447. The fraction of sp³-hybridized carbons (Fsp3) is 0.500. The van der Waals surface area contributed by atoms with Gasteiger partial charge in [0.15, 0.2) is 12.4 Å². The van der Waals surface area contributed by atoms with Crippen molar-refractivity contribution in [2.45, 2.75) is 46.3 Å². The van der Waals surface area contributed by atoms with Gasteiger partial charge in [-0.3, -0.25) is 4.79 Å². The molecule has 0 amide bonds. The number of carbonyl (C=O) groups is 1. The smallest absolute Gasteiger partial charge is 0.309 e. The van der Waals surface area contributed by atoms with Crippen molar-refractivity contribution in [2.75, 3.05) is 0 Å². The van der Waals surface area contributed by atoms with Gasteiger partial charge in [-0.05, 0) is 41.0 Å². The van der Waals surface area contributed by atoms with Crippen molar-refractivity contribution >= 4 is 5.97 Å². The average molecular weight is 320 g/mol. The number of aryl methyl sites for hydroxylation is 1. The largest absolute Gasteiger partial charge is 0.457 e. The van der Waals surface area contributed by atoms with Gasteiger partial charge in [0.1, 0.15) is 5.82 Å². The molecule has 0 aliphatic heterocycles. The molecule has 1 aromatic carbocycles. The van der Waals surface area contributed by atoms with Crippen LogP contribution in [0.5, 0.6) is 0 Å². The lowest BCUT2D eigenvalue weighted by Gasteiger charge is -2.11. The molecular formula is C16H21FN4O2. The Morgan fingerprint density at radius 1 is 1.43 bits per heavy atom. The van der Waals surface area contributed by atoms with Gasteiger partial charge in [0.05, 0.1) is 5.92 Å². The van der Waals surface area contributed by atoms with Gasteiger partial charge >= 0.3 is 5.97 Å². The molecule has 7 heteroatoms. The molecule has 124 valence electrons. The summed E-state index contributed by atoms with van der Waals surface area (Å²) in [6.45, 7) is 4.59. The van der Waals surface area contributed by atoms with Gasteiger partial charge in [0.25, 0.3) is 0 Å². The molecule has 1 heterocycles. The average Bonchev–Trinajstić information content (AvgIpc) is 2.98. The van der Waals surface area contributed by atoms with Crippen LogP contribution in [0.4, 0.5) is 4.39 Å². The van der Waals surface area contributed by atoms with Crippen LogP contribution in [0.2, 0.25) is 0 Å². The molecule has 1 aromatic heterocycles. The molecule has 1 unspecified atom stereocenters. The van der Waals surface area contributed by atoms with Crippen LogP contribution in [0.3, 0.4) is 0 Å². The number of esters is 1. The topological polar surface area (TPSA) is 69.9 Å². The molecule has 0 bridgehead atoms. The molecule has 0 radical (unpaired) electrons. The molecule has 0 spiro atoms. The van der Waals surface area contributed by atoms with Crippen LogP contribution in [0, 0.1) is 11.7 Å². The highest BCUT2D eigenvalue weighted by Crippen LogP contribution is 2.12. The van der Waals surface area contributed by atoms with Crippen molar-refractivity contribution in [2.24, 2.45) is 5.92 Å². The molecular weight excluding hydrogens is 299 g/mol. The summed E-state index contributed by atoms with van der Waals surface area (Å²) in [6.07, 6.45) is 2.42. The Kier molecular flexibility index (Phi) is 6.19. The number of ether oxygens (including phenoxy) is 1. The van der Waals surface area contributed by atoms with E-state index in [0.717, 1.165) is 18.4 Å². The van der Waals surface area contributed by atoms with E-state index in [-0.39, 0.29) is 24.3 Å². The minimum atomic E-state index is -0.364. The van der Waals surface area contributed by atoms with Crippen LogP contribution in [0.25, 0.3) is 0 Å². The van der Waals surface area contributed by atoms with Crippen LogP contribution in [0.1, 0.15) is 38.1 Å². The summed E-state index contributed by atoms with van der Waals surface area (Å²) in [4.78, 5) is 12.1. The van der Waals surface area contributed by atoms with Gasteiger partial charge < -0.3 is 4.74 Å². The van der Waals surface area contributed by atoms with E-state index in [1.54, 1.807) is 23.7 Å². The van der Waals surface area contributed by atoms with E-state index < -0.39 is 0 Å². The van der Waals surface area contributed by atoms with E-state index in [1.807, 2.05) is 0 Å². The maximum atomic E-state index is 13.2. The number of unbranched alkanes of at least 4 members (excludes halogenated alkanes) is 1. The number of tetrazole rings is 1. The first kappa shape index (κ1) is 17.1. The SMILES string of the molecule is CCCCn1nnnc1COC(=O)C(C)Cc1cccc(F)c1. The van der Waals surface area contributed by atoms with Crippen molar-refractivity contribution in [3.63, 3.8) is 0 Å². The first-order valence-corrected chi connectivity index (χ1v) is 7.76. The second-order valence-electron chi connectivity index (χ2n) is 5.51. The summed E-state index contributed by atoms with van der Waals surface area (Å²) in [6, 6.07) is 6.22. The quantitative estimate of drug-likeness (QED) is 0.699. The number of nitrogens with zero attached hydrogens (tertiary/aromatic N) is 4. The highest BCUT2D eigenvalue weighted by Gasteiger charge is 2.17. The Hall–Kier alpha value is -2.31. The lowest BCUT2D eigenvalue weighted by atomic mass is 10.0. The Balaban J connectivity index is 1.85. The Labute approximate surface area is 134 Å². The number of rotatable bonds is 8. The molecule has 0 aliphatic carbocycles. The fourth-order valence-corrected chi connectivity index (χ4v) is 2.19. The predicted molar refractivity (Wildman–Crippen MR) is 81.8 cm³/mol. The van der Waals surface area contributed by atoms with E-state index in [0.29, 0.717) is 18.8 Å². The van der Waals surface area contributed by atoms with E-state index in [9.17, 15) is 9.18 Å². The zero-order valence-electron chi connectivity index (χ0n) is 13.4. The Bertz CT molecular complexity index is 645. The summed E-state index contributed by atoms with van der Waals surface area (Å²) in [5.74, 6) is -0.487. The van der Waals surface area contributed by atoms with Gasteiger partial charge in [-0.2, -0.15) is 0 Å². The van der Waals surface area contributed by atoms with E-state index in [1.165, 1.54) is 12.1 Å². The van der Waals surface area contributed by atoms with E-state index in [2.05, 4.69) is 22.4 Å². The predicted octanol–water partition coefficient (Wildman–Crippen LogP) is 2.53. The van der Waals surface area contributed by atoms with Gasteiger partial charge in [-0.15, -0.1) is 5.10 Å². The monoisotopic (exact) mass is 320 g/mol. The number of aromatic nitrogens is 4. The maximum Gasteiger partial charge on any atom is 0.309 e. The van der Waals surface area contributed by atoms with Crippen molar-refractivity contribution in [1.29, 1.82) is 0 Å². The van der Waals surface area contributed by atoms with Gasteiger partial charge in [0, 0.05) is 6.54 Å². The molecule has 23 heavy (non-hydrogen) atoms. The highest BCUT2D eigenvalue weighted by molar-refractivity contribution is 5.72. The number of carbonyl (C=O) groups excluding carboxylic acids is 1. The molecule has 0 saturated heterocycles. The molecule has 1 atom stereocenters. The van der Waals surface area contributed by atoms with Crippen molar-refractivity contribution in [3.8, 4) is 0 Å². The van der Waals surface area contributed by atoms with Crippen LogP contribution >= 0.6 is 0 Å². The normalized spacial score (nSPS) is 12.1. The van der Waals surface area contributed by atoms with Gasteiger partial charge in [-0.1, -0.05) is 32.4 Å². The molecule has 0 saturated carbocycles. The fourth-order valence-electron chi connectivity index (χ4n) is 2.19. The first-order chi connectivity index (χ1) is 11.1. The highest BCUT2D eigenvalue weighted by atomic mass is 19.1. The molecule has 0 N–H and O–H groups in total. The second kappa shape index (κ2) is 8.36. The van der Waals surface area contributed by atoms with Crippen LogP contribution in [-0.4, -0.2) is 26.2 Å². The molecule has 0 fully saturated rings. The number of hydrogen-bond donors (Lipinski definition) is 0. The van der Waals surface area contributed by atoms with Gasteiger partial charge in [-0.25, -0.2) is 9.07 Å². The summed E-state index contributed by atoms with van der Waals surface area (Å²) in [5, 5.41) is 11.4. The zero-order valence-corrected chi connectivity index (χ0v) is 13.4. The Morgan fingerprint density at radius 3 is 3.00 bits per heavy atom. The molecule has 6 nitrogen and oxygen atoms in total. The lowest BCUT2D eigenvalue weighted by Crippen LogP contribution is -2.18. The number of benzene rings is 1. The first-order valence-electron chi connectivity index (χ1n) is 7.76. The second-order valence-corrected chi connectivity index (χ2v) is 5.51. The molecule has 0 aliphatic rings. The third kappa shape index (κ3) is 5.12. The van der Waals surface area contributed by atoms with Crippen molar-refractivity contribution in [1.82, 2.24) is 20.2 Å².